The summed E-state index contributed by atoms with van der Waals surface area (Å²) in [5.41, 5.74) is 0.979. The summed E-state index contributed by atoms with van der Waals surface area (Å²) in [6.45, 7) is 4.03. The number of rotatable bonds is 2. The number of fused-ring (bicyclic) bond motifs is 5. The summed E-state index contributed by atoms with van der Waals surface area (Å²) in [6, 6.07) is 0. The average Bonchev–Trinajstić information content (AvgIpc) is 2.91. The second-order valence-electron chi connectivity index (χ2n) is 9.42. The predicted molar refractivity (Wildman–Crippen MR) is 93.7 cm³/mol. The maximum absolute atomic E-state index is 12.3. The monoisotopic (exact) mass is 346 g/mol. The van der Waals surface area contributed by atoms with Gasteiger partial charge in [-0.05, 0) is 73.2 Å². The Morgan fingerprint density at radius 2 is 2.00 bits per heavy atom. The van der Waals surface area contributed by atoms with E-state index in [0.717, 1.165) is 32.1 Å². The first kappa shape index (κ1) is 17.4. The van der Waals surface area contributed by atoms with Crippen molar-refractivity contribution >= 4 is 11.6 Å². The molecule has 0 unspecified atom stereocenters. The zero-order valence-electron chi connectivity index (χ0n) is 15.3. The van der Waals surface area contributed by atoms with E-state index in [9.17, 15) is 19.8 Å². The van der Waals surface area contributed by atoms with E-state index in [2.05, 4.69) is 13.8 Å². The van der Waals surface area contributed by atoms with Gasteiger partial charge in [0.05, 0.1) is 6.10 Å². The number of aliphatic hydroxyl groups excluding tert-OH is 2. The van der Waals surface area contributed by atoms with Gasteiger partial charge in [0.2, 0.25) is 0 Å². The molecule has 0 aliphatic heterocycles. The van der Waals surface area contributed by atoms with E-state index >= 15 is 0 Å². The topological polar surface area (TPSA) is 74.6 Å². The number of aliphatic hydroxyl groups is 2. The van der Waals surface area contributed by atoms with Gasteiger partial charge in [0, 0.05) is 12.3 Å². The highest BCUT2D eigenvalue weighted by molar-refractivity contribution is 5.91. The summed E-state index contributed by atoms with van der Waals surface area (Å²) in [4.78, 5) is 24.2. The number of allylic oxidation sites excluding steroid dienone is 1. The van der Waals surface area contributed by atoms with E-state index in [1.165, 1.54) is 5.57 Å². The van der Waals surface area contributed by atoms with Crippen LogP contribution in [0.3, 0.4) is 0 Å². The molecular formula is C21H30O4. The Kier molecular flexibility index (Phi) is 4.01. The van der Waals surface area contributed by atoms with Crippen LogP contribution in [-0.2, 0) is 9.59 Å². The fourth-order valence-corrected chi connectivity index (χ4v) is 7.33. The normalized spacial score (nSPS) is 49.0. The number of ketones is 2. The van der Waals surface area contributed by atoms with Crippen LogP contribution < -0.4 is 0 Å². The first-order valence-corrected chi connectivity index (χ1v) is 9.87. The Balaban J connectivity index is 1.70. The molecule has 0 aromatic carbocycles. The number of hydrogen-bond donors (Lipinski definition) is 2. The molecule has 4 heteroatoms. The Hall–Kier alpha value is -1.00. The number of hydrogen-bond acceptors (Lipinski definition) is 4. The van der Waals surface area contributed by atoms with Crippen molar-refractivity contribution in [1.29, 1.82) is 0 Å². The summed E-state index contributed by atoms with van der Waals surface area (Å²) in [6.07, 6.45) is 7.32. The van der Waals surface area contributed by atoms with Crippen molar-refractivity contribution in [3.63, 3.8) is 0 Å². The van der Waals surface area contributed by atoms with Crippen LogP contribution in [0.4, 0.5) is 0 Å². The number of carbonyl (C=O) groups excluding carboxylic acids is 2. The van der Waals surface area contributed by atoms with Crippen molar-refractivity contribution in [2.45, 2.75) is 64.9 Å². The standard InChI is InChI=1S/C21H30O4/c1-20-8-7-13(23)9-12(20)3-4-14-15-5-6-16(18(25)11-22)21(15,2)10-17(24)19(14)20/h9,14-17,19,22,24H,3-8,10-11H2,1-2H3/t14-,15-,16+,17+,19+,20+,21+/m1/s1. The molecule has 0 radical (unpaired) electrons. The van der Waals surface area contributed by atoms with E-state index in [-0.39, 0.29) is 40.8 Å². The molecule has 0 aromatic heterocycles. The molecule has 3 saturated carbocycles. The molecule has 3 fully saturated rings. The highest BCUT2D eigenvalue weighted by Gasteiger charge is 2.62. The predicted octanol–water partition coefficient (Wildman–Crippen LogP) is 2.67. The van der Waals surface area contributed by atoms with Gasteiger partial charge in [-0.1, -0.05) is 19.4 Å². The second-order valence-corrected chi connectivity index (χ2v) is 9.42. The maximum Gasteiger partial charge on any atom is 0.161 e. The molecule has 4 rings (SSSR count). The third-order valence-corrected chi connectivity index (χ3v) is 8.44. The Morgan fingerprint density at radius 3 is 2.72 bits per heavy atom. The van der Waals surface area contributed by atoms with Crippen LogP contribution in [0.5, 0.6) is 0 Å². The summed E-state index contributed by atoms with van der Waals surface area (Å²) < 4.78 is 0. The minimum Gasteiger partial charge on any atom is -0.393 e. The highest BCUT2D eigenvalue weighted by atomic mass is 16.3. The molecular weight excluding hydrogens is 316 g/mol. The van der Waals surface area contributed by atoms with Gasteiger partial charge in [-0.3, -0.25) is 9.59 Å². The van der Waals surface area contributed by atoms with E-state index in [0.29, 0.717) is 24.7 Å². The molecule has 4 aliphatic carbocycles. The van der Waals surface area contributed by atoms with Gasteiger partial charge in [0.15, 0.2) is 11.6 Å². The SMILES string of the molecule is C[C@]12C[C@H](O)[C@@H]3[C@H](CCC4=CC(=O)CC[C@@]43C)[C@H]1CC[C@H]2C(=O)CO. The molecule has 0 bridgehead atoms. The van der Waals surface area contributed by atoms with Gasteiger partial charge in [-0.25, -0.2) is 0 Å². The zero-order chi connectivity index (χ0) is 18.0. The molecule has 7 atom stereocenters. The van der Waals surface area contributed by atoms with Gasteiger partial charge in [-0.2, -0.15) is 0 Å². The van der Waals surface area contributed by atoms with Crippen molar-refractivity contribution in [3.05, 3.63) is 11.6 Å². The van der Waals surface area contributed by atoms with Gasteiger partial charge in [-0.15, -0.1) is 0 Å². The van der Waals surface area contributed by atoms with Crippen LogP contribution in [0.15, 0.2) is 11.6 Å². The third-order valence-electron chi connectivity index (χ3n) is 8.44. The van der Waals surface area contributed by atoms with Gasteiger partial charge in [0.1, 0.15) is 6.61 Å². The minimum atomic E-state index is -0.430. The molecule has 138 valence electrons. The lowest BCUT2D eigenvalue weighted by Gasteiger charge is -2.59. The zero-order valence-corrected chi connectivity index (χ0v) is 15.3. The molecule has 0 aromatic rings. The van der Waals surface area contributed by atoms with Crippen molar-refractivity contribution in [1.82, 2.24) is 0 Å². The van der Waals surface area contributed by atoms with Crippen LogP contribution in [0.2, 0.25) is 0 Å². The number of Topliss-reactive ketones (excluding diaryl/α,β-unsaturated/α-hetero) is 1. The summed E-state index contributed by atoms with van der Waals surface area (Å²) in [5, 5.41) is 20.5. The average molecular weight is 346 g/mol. The van der Waals surface area contributed by atoms with E-state index in [4.69, 9.17) is 0 Å². The fraction of sp³-hybridized carbons (Fsp3) is 0.810. The third kappa shape index (κ3) is 2.33. The molecule has 0 saturated heterocycles. The highest BCUT2D eigenvalue weighted by Crippen LogP contribution is 2.66. The quantitative estimate of drug-likeness (QED) is 0.806. The number of carbonyl (C=O) groups is 2. The van der Waals surface area contributed by atoms with Crippen LogP contribution >= 0.6 is 0 Å². The lowest BCUT2D eigenvalue weighted by molar-refractivity contribution is -0.146. The Bertz CT molecular complexity index is 638. The lowest BCUT2D eigenvalue weighted by atomic mass is 9.46. The molecule has 0 heterocycles. The summed E-state index contributed by atoms with van der Waals surface area (Å²) >= 11 is 0. The molecule has 0 spiro atoms. The maximum atomic E-state index is 12.3. The first-order valence-electron chi connectivity index (χ1n) is 9.87. The minimum absolute atomic E-state index is 0.0541. The van der Waals surface area contributed by atoms with Crippen LogP contribution in [0.25, 0.3) is 0 Å². The van der Waals surface area contributed by atoms with Gasteiger partial charge >= 0.3 is 0 Å². The van der Waals surface area contributed by atoms with Crippen molar-refractivity contribution in [2.75, 3.05) is 6.61 Å². The van der Waals surface area contributed by atoms with Gasteiger partial charge < -0.3 is 10.2 Å². The molecule has 0 amide bonds. The van der Waals surface area contributed by atoms with Crippen molar-refractivity contribution in [2.24, 2.45) is 34.5 Å². The van der Waals surface area contributed by atoms with Crippen LogP contribution in [0, 0.1) is 34.5 Å². The van der Waals surface area contributed by atoms with Crippen LogP contribution in [-0.4, -0.2) is 34.5 Å². The van der Waals surface area contributed by atoms with Crippen molar-refractivity contribution in [3.8, 4) is 0 Å². The van der Waals surface area contributed by atoms with E-state index in [1.54, 1.807) is 0 Å². The first-order chi connectivity index (χ1) is 11.8. The molecule has 2 N–H and O–H groups in total. The molecule has 4 nitrogen and oxygen atoms in total. The molecule has 25 heavy (non-hydrogen) atoms. The fourth-order valence-electron chi connectivity index (χ4n) is 7.33. The Labute approximate surface area is 149 Å². The van der Waals surface area contributed by atoms with E-state index in [1.807, 2.05) is 6.08 Å². The van der Waals surface area contributed by atoms with Crippen molar-refractivity contribution < 1.29 is 19.8 Å². The smallest absolute Gasteiger partial charge is 0.161 e. The second kappa shape index (κ2) is 5.75. The van der Waals surface area contributed by atoms with E-state index < -0.39 is 6.10 Å². The summed E-state index contributed by atoms with van der Waals surface area (Å²) in [7, 11) is 0. The lowest BCUT2D eigenvalue weighted by Crippen LogP contribution is -2.57. The Morgan fingerprint density at radius 1 is 1.24 bits per heavy atom. The van der Waals surface area contributed by atoms with Gasteiger partial charge in [0.25, 0.3) is 0 Å². The summed E-state index contributed by atoms with van der Waals surface area (Å²) in [5.74, 6) is 1.12. The van der Waals surface area contributed by atoms with Crippen LogP contribution in [0.1, 0.15) is 58.8 Å². The molecule has 4 aliphatic rings. The largest absolute Gasteiger partial charge is 0.393 e.